The van der Waals surface area contributed by atoms with Crippen molar-refractivity contribution in [1.29, 1.82) is 0 Å². The normalized spacial score (nSPS) is 17.0. The first-order valence-corrected chi connectivity index (χ1v) is 4.48. The number of carbonyl (C=O) groups excluding carboxylic acids is 1. The molecule has 0 fully saturated rings. The van der Waals surface area contributed by atoms with Crippen LogP contribution in [0.25, 0.3) is 0 Å². The zero-order valence-electron chi connectivity index (χ0n) is 9.70. The van der Waals surface area contributed by atoms with E-state index in [4.69, 9.17) is 0 Å². The summed E-state index contributed by atoms with van der Waals surface area (Å²) in [6.07, 6.45) is -5.25. The lowest BCUT2D eigenvalue weighted by Gasteiger charge is -2.37. The van der Waals surface area contributed by atoms with Crippen molar-refractivity contribution in [2.24, 2.45) is 0 Å². The minimum atomic E-state index is -6.94. The molecule has 0 aromatic heterocycles. The number of halogens is 9. The average molecular weight is 322 g/mol. The monoisotopic (exact) mass is 322 g/mol. The van der Waals surface area contributed by atoms with Crippen LogP contribution in [0.5, 0.6) is 0 Å². The first kappa shape index (κ1) is 18.8. The van der Waals surface area contributed by atoms with E-state index in [1.165, 1.54) is 0 Å². The third-order valence-electron chi connectivity index (χ3n) is 2.22. The number of ether oxygens (including phenoxy) is 2. The number of hydrogen-bond donors (Lipinski definition) is 0. The smallest absolute Gasteiger partial charge is 0.385 e. The maximum Gasteiger partial charge on any atom is 0.385 e. The lowest BCUT2D eigenvalue weighted by molar-refractivity contribution is -0.392. The third-order valence-corrected chi connectivity index (χ3v) is 2.22. The molecule has 0 aromatic rings. The van der Waals surface area contributed by atoms with Crippen molar-refractivity contribution in [1.82, 2.24) is 0 Å². The van der Waals surface area contributed by atoms with Crippen LogP contribution in [0.3, 0.4) is 0 Å². The summed E-state index contributed by atoms with van der Waals surface area (Å²) in [5.74, 6) is -28.4. The second-order valence-corrected chi connectivity index (χ2v) is 3.36. The van der Waals surface area contributed by atoms with Gasteiger partial charge in [-0.15, -0.1) is 0 Å². The van der Waals surface area contributed by atoms with Gasteiger partial charge in [0.15, 0.2) is 0 Å². The Labute approximate surface area is 105 Å². The van der Waals surface area contributed by atoms with Gasteiger partial charge in [-0.25, -0.2) is 13.6 Å². The Morgan fingerprint density at radius 2 is 1.30 bits per heavy atom. The largest absolute Gasteiger partial charge is 0.465 e. The van der Waals surface area contributed by atoms with Gasteiger partial charge in [0.25, 0.3) is 0 Å². The molecule has 1 unspecified atom stereocenters. The summed E-state index contributed by atoms with van der Waals surface area (Å²) in [5, 5.41) is 0. The minimum Gasteiger partial charge on any atom is -0.465 e. The molecule has 1 atom stereocenters. The summed E-state index contributed by atoms with van der Waals surface area (Å²) >= 11 is 0. The summed E-state index contributed by atoms with van der Waals surface area (Å²) in [6.45, 7) is 0. The highest BCUT2D eigenvalue weighted by atomic mass is 19.4. The molecular formula is C8H7F9O3. The highest BCUT2D eigenvalue weighted by Crippen LogP contribution is 2.54. The highest BCUT2D eigenvalue weighted by molar-refractivity contribution is 5.79. The van der Waals surface area contributed by atoms with Crippen LogP contribution in [0.4, 0.5) is 39.5 Å². The molecule has 0 aromatic carbocycles. The first-order valence-electron chi connectivity index (χ1n) is 4.48. The van der Waals surface area contributed by atoms with Crippen LogP contribution in [0.1, 0.15) is 0 Å². The Kier molecular flexibility index (Phi) is 4.98. The number of rotatable bonds is 6. The van der Waals surface area contributed by atoms with Gasteiger partial charge in [-0.1, -0.05) is 0 Å². The zero-order chi connectivity index (χ0) is 16.6. The molecule has 0 saturated heterocycles. The van der Waals surface area contributed by atoms with Gasteiger partial charge in [0.05, 0.1) is 7.11 Å². The molecule has 0 aliphatic carbocycles. The number of alkyl halides is 9. The molecule has 0 bridgehead atoms. The van der Waals surface area contributed by atoms with Gasteiger partial charge in [0.1, 0.15) is 0 Å². The molecule has 3 nitrogen and oxygen atoms in total. The molecule has 20 heavy (non-hydrogen) atoms. The molecule has 0 heterocycles. The Morgan fingerprint density at radius 1 is 0.900 bits per heavy atom. The number of carbonyl (C=O) groups is 1. The van der Waals surface area contributed by atoms with E-state index in [0.29, 0.717) is 0 Å². The van der Waals surface area contributed by atoms with E-state index in [0.717, 1.165) is 0 Å². The SMILES string of the molecule is COC(=O)C(F)(OC)C(F)(F)C(F)(F)C(F)(F)C(F)F. The van der Waals surface area contributed by atoms with Gasteiger partial charge in [0, 0.05) is 7.11 Å². The van der Waals surface area contributed by atoms with Crippen LogP contribution >= 0.6 is 0 Å². The topological polar surface area (TPSA) is 35.5 Å². The van der Waals surface area contributed by atoms with Crippen molar-refractivity contribution in [2.45, 2.75) is 30.0 Å². The van der Waals surface area contributed by atoms with Crippen LogP contribution in [0.15, 0.2) is 0 Å². The molecule has 0 aliphatic rings. The zero-order valence-corrected chi connectivity index (χ0v) is 9.70. The Hall–Kier alpha value is -1.20. The van der Waals surface area contributed by atoms with E-state index in [2.05, 4.69) is 9.47 Å². The van der Waals surface area contributed by atoms with E-state index >= 15 is 0 Å². The molecular weight excluding hydrogens is 315 g/mol. The third kappa shape index (κ3) is 2.29. The van der Waals surface area contributed by atoms with Crippen LogP contribution in [0.2, 0.25) is 0 Å². The van der Waals surface area contributed by atoms with E-state index in [-0.39, 0.29) is 14.2 Å². The van der Waals surface area contributed by atoms with Gasteiger partial charge in [0.2, 0.25) is 0 Å². The Morgan fingerprint density at radius 3 is 1.55 bits per heavy atom. The maximum atomic E-state index is 13.5. The molecule has 0 spiro atoms. The van der Waals surface area contributed by atoms with Crippen molar-refractivity contribution in [3.63, 3.8) is 0 Å². The highest BCUT2D eigenvalue weighted by Gasteiger charge is 2.85. The summed E-state index contributed by atoms with van der Waals surface area (Å²) < 4.78 is 121. The van der Waals surface area contributed by atoms with Crippen molar-refractivity contribution < 1.29 is 53.8 Å². The van der Waals surface area contributed by atoms with Crippen molar-refractivity contribution in [3.05, 3.63) is 0 Å². The van der Waals surface area contributed by atoms with Crippen LogP contribution in [-0.4, -0.2) is 50.2 Å². The van der Waals surface area contributed by atoms with Crippen LogP contribution in [-0.2, 0) is 14.3 Å². The van der Waals surface area contributed by atoms with Crippen molar-refractivity contribution in [3.8, 4) is 0 Å². The standard InChI is InChI=1S/C8H7F9O3/c1-19-4(18)6(13,20-2)8(16,17)7(14,15)5(11,12)3(9)10/h3H,1-2H3. The van der Waals surface area contributed by atoms with E-state index < -0.39 is 36.0 Å². The summed E-state index contributed by atoms with van der Waals surface area (Å²) in [4.78, 5) is 10.7. The fourth-order valence-corrected chi connectivity index (χ4v) is 1.02. The van der Waals surface area contributed by atoms with E-state index in [1.807, 2.05) is 0 Å². The molecule has 0 aliphatic heterocycles. The second kappa shape index (κ2) is 5.30. The summed E-state index contributed by atoms with van der Waals surface area (Å²) in [6, 6.07) is 0. The van der Waals surface area contributed by atoms with Gasteiger partial charge in [-0.2, -0.15) is 30.7 Å². The summed E-state index contributed by atoms with van der Waals surface area (Å²) in [5.41, 5.74) is 0. The van der Waals surface area contributed by atoms with E-state index in [9.17, 15) is 44.3 Å². The van der Waals surface area contributed by atoms with Gasteiger partial charge >= 0.3 is 36.0 Å². The Balaban J connectivity index is 6.00. The molecule has 0 amide bonds. The fraction of sp³-hybridized carbons (Fsp3) is 0.875. The molecule has 120 valence electrons. The number of hydrogen-bond acceptors (Lipinski definition) is 3. The Bertz CT molecular complexity index is 370. The van der Waals surface area contributed by atoms with Crippen LogP contribution in [0, 0.1) is 0 Å². The quantitative estimate of drug-likeness (QED) is 0.557. The number of esters is 1. The molecule has 0 N–H and O–H groups in total. The van der Waals surface area contributed by atoms with Gasteiger partial charge in [-0.3, -0.25) is 0 Å². The maximum absolute atomic E-state index is 13.5. The van der Waals surface area contributed by atoms with Crippen molar-refractivity contribution in [2.75, 3.05) is 14.2 Å². The first-order chi connectivity index (χ1) is 8.74. The predicted molar refractivity (Wildman–Crippen MR) is 43.7 cm³/mol. The van der Waals surface area contributed by atoms with Gasteiger partial charge < -0.3 is 9.47 Å². The van der Waals surface area contributed by atoms with Crippen LogP contribution < -0.4 is 0 Å². The van der Waals surface area contributed by atoms with E-state index in [1.54, 1.807) is 0 Å². The minimum absolute atomic E-state index is 0.0403. The lowest BCUT2D eigenvalue weighted by atomic mass is 9.97. The lowest BCUT2D eigenvalue weighted by Crippen LogP contribution is -2.68. The molecule has 0 radical (unpaired) electrons. The molecule has 0 saturated carbocycles. The molecule has 12 heteroatoms. The molecule has 0 rings (SSSR count). The average Bonchev–Trinajstić information content (AvgIpc) is 2.35. The summed E-state index contributed by atoms with van der Waals surface area (Å²) in [7, 11) is 0.219. The fourth-order valence-electron chi connectivity index (χ4n) is 1.02. The second-order valence-electron chi connectivity index (χ2n) is 3.36. The van der Waals surface area contributed by atoms with Gasteiger partial charge in [-0.05, 0) is 0 Å². The van der Waals surface area contributed by atoms with Crippen molar-refractivity contribution >= 4 is 5.97 Å². The predicted octanol–water partition coefficient (Wildman–Crippen LogP) is 2.64. The number of methoxy groups -OCH3 is 2.